The Morgan fingerprint density at radius 2 is 1.83 bits per heavy atom. The molecule has 2 aromatic heterocycles. The van der Waals surface area contributed by atoms with Crippen LogP contribution in [-0.4, -0.2) is 28.1 Å². The van der Waals surface area contributed by atoms with Crippen LogP contribution in [0.5, 0.6) is 0 Å². The zero-order valence-corrected chi connectivity index (χ0v) is 13.7. The van der Waals surface area contributed by atoms with Crippen LogP contribution in [0.25, 0.3) is 11.3 Å². The van der Waals surface area contributed by atoms with Gasteiger partial charge in [-0.3, -0.25) is 9.88 Å². The van der Waals surface area contributed by atoms with Gasteiger partial charge in [0.25, 0.3) is 0 Å². The molecule has 0 aliphatic heterocycles. The molecule has 3 aromatic rings. The molecule has 3 rings (SSSR count). The molecular weight excluding hydrogens is 304 g/mol. The first-order valence-corrected chi connectivity index (χ1v) is 8.59. The number of aliphatic hydroxyl groups is 1. The summed E-state index contributed by atoms with van der Waals surface area (Å²) >= 11 is 1.76. The molecule has 118 valence electrons. The SMILES string of the molecule is OCCN(Cc1ccc(-c2ccccn2)cc1)Cc1cccs1. The van der Waals surface area contributed by atoms with Gasteiger partial charge >= 0.3 is 0 Å². The minimum absolute atomic E-state index is 0.178. The lowest BCUT2D eigenvalue weighted by Gasteiger charge is -2.20. The molecular formula is C19H20N2OS. The number of benzene rings is 1. The van der Waals surface area contributed by atoms with E-state index in [0.717, 1.165) is 24.3 Å². The van der Waals surface area contributed by atoms with Gasteiger partial charge < -0.3 is 5.11 Å². The maximum absolute atomic E-state index is 9.29. The maximum Gasteiger partial charge on any atom is 0.0701 e. The molecule has 2 heterocycles. The zero-order valence-electron chi connectivity index (χ0n) is 12.9. The van der Waals surface area contributed by atoms with Gasteiger partial charge in [-0.05, 0) is 29.1 Å². The Hall–Kier alpha value is -2.01. The fourth-order valence-corrected chi connectivity index (χ4v) is 3.30. The molecule has 0 unspecified atom stereocenters. The Bertz CT molecular complexity index is 696. The van der Waals surface area contributed by atoms with E-state index in [2.05, 4.69) is 51.7 Å². The first kappa shape index (κ1) is 15.9. The molecule has 0 aliphatic carbocycles. The van der Waals surface area contributed by atoms with Crippen molar-refractivity contribution in [3.8, 4) is 11.3 Å². The van der Waals surface area contributed by atoms with E-state index in [9.17, 15) is 5.11 Å². The largest absolute Gasteiger partial charge is 0.395 e. The van der Waals surface area contributed by atoms with Crippen LogP contribution in [0.15, 0.2) is 66.2 Å². The fourth-order valence-electron chi connectivity index (χ4n) is 2.55. The second-order valence-corrected chi connectivity index (χ2v) is 6.46. The fraction of sp³-hybridized carbons (Fsp3) is 0.211. The van der Waals surface area contributed by atoms with Gasteiger partial charge in [-0.15, -0.1) is 11.3 Å². The van der Waals surface area contributed by atoms with E-state index >= 15 is 0 Å². The van der Waals surface area contributed by atoms with E-state index in [4.69, 9.17) is 0 Å². The number of hydrogen-bond donors (Lipinski definition) is 1. The summed E-state index contributed by atoms with van der Waals surface area (Å²) in [6.07, 6.45) is 1.81. The van der Waals surface area contributed by atoms with Crippen LogP contribution in [-0.2, 0) is 13.1 Å². The third-order valence-corrected chi connectivity index (χ3v) is 4.56. The van der Waals surface area contributed by atoms with E-state index in [-0.39, 0.29) is 6.61 Å². The van der Waals surface area contributed by atoms with Crippen LogP contribution < -0.4 is 0 Å². The lowest BCUT2D eigenvalue weighted by molar-refractivity contribution is 0.185. The van der Waals surface area contributed by atoms with E-state index in [0.29, 0.717) is 6.54 Å². The molecule has 0 fully saturated rings. The van der Waals surface area contributed by atoms with Gasteiger partial charge in [0.2, 0.25) is 0 Å². The Balaban J connectivity index is 1.68. The summed E-state index contributed by atoms with van der Waals surface area (Å²) in [7, 11) is 0. The van der Waals surface area contributed by atoms with Crippen molar-refractivity contribution >= 4 is 11.3 Å². The summed E-state index contributed by atoms with van der Waals surface area (Å²) < 4.78 is 0. The number of aliphatic hydroxyl groups excluding tert-OH is 1. The van der Waals surface area contributed by atoms with Crippen LogP contribution in [0, 0.1) is 0 Å². The number of pyridine rings is 1. The topological polar surface area (TPSA) is 36.4 Å². The molecule has 0 saturated heterocycles. The average Bonchev–Trinajstić information content (AvgIpc) is 3.10. The molecule has 1 aromatic carbocycles. The molecule has 0 bridgehead atoms. The Labute approximate surface area is 140 Å². The minimum atomic E-state index is 0.178. The molecule has 23 heavy (non-hydrogen) atoms. The summed E-state index contributed by atoms with van der Waals surface area (Å²) in [5.74, 6) is 0. The summed E-state index contributed by atoms with van der Waals surface area (Å²) in [6, 6.07) is 18.7. The molecule has 0 radical (unpaired) electrons. The van der Waals surface area contributed by atoms with Crippen molar-refractivity contribution in [3.05, 3.63) is 76.6 Å². The summed E-state index contributed by atoms with van der Waals surface area (Å²) in [5.41, 5.74) is 3.36. The molecule has 4 heteroatoms. The van der Waals surface area contributed by atoms with Crippen LogP contribution in [0.1, 0.15) is 10.4 Å². The van der Waals surface area contributed by atoms with Gasteiger partial charge in [0.1, 0.15) is 0 Å². The molecule has 0 atom stereocenters. The normalized spacial score (nSPS) is 11.0. The van der Waals surface area contributed by atoms with Gasteiger partial charge in [-0.25, -0.2) is 0 Å². The van der Waals surface area contributed by atoms with Gasteiger partial charge in [-0.1, -0.05) is 36.4 Å². The second-order valence-electron chi connectivity index (χ2n) is 5.43. The Morgan fingerprint density at radius 3 is 2.48 bits per heavy atom. The summed E-state index contributed by atoms with van der Waals surface area (Å²) in [5, 5.41) is 11.4. The summed E-state index contributed by atoms with van der Waals surface area (Å²) in [4.78, 5) is 7.97. The van der Waals surface area contributed by atoms with E-state index < -0.39 is 0 Å². The Morgan fingerprint density at radius 1 is 0.957 bits per heavy atom. The van der Waals surface area contributed by atoms with Gasteiger partial charge in [-0.2, -0.15) is 0 Å². The van der Waals surface area contributed by atoms with Crippen molar-refractivity contribution in [3.63, 3.8) is 0 Å². The predicted octanol–water partition coefficient (Wildman–Crippen LogP) is 3.80. The van der Waals surface area contributed by atoms with Crippen LogP contribution in [0.3, 0.4) is 0 Å². The molecule has 0 saturated carbocycles. The van der Waals surface area contributed by atoms with E-state index in [1.54, 1.807) is 11.3 Å². The third-order valence-electron chi connectivity index (χ3n) is 3.70. The van der Waals surface area contributed by atoms with Crippen molar-refractivity contribution in [2.24, 2.45) is 0 Å². The van der Waals surface area contributed by atoms with Crippen LogP contribution in [0.4, 0.5) is 0 Å². The van der Waals surface area contributed by atoms with E-state index in [1.807, 2.05) is 24.4 Å². The van der Waals surface area contributed by atoms with Crippen molar-refractivity contribution in [2.45, 2.75) is 13.1 Å². The highest BCUT2D eigenvalue weighted by Gasteiger charge is 2.08. The Kier molecular flexibility index (Phi) is 5.53. The van der Waals surface area contributed by atoms with Crippen molar-refractivity contribution < 1.29 is 5.11 Å². The monoisotopic (exact) mass is 324 g/mol. The van der Waals surface area contributed by atoms with E-state index in [1.165, 1.54) is 10.4 Å². The standard InChI is InChI=1S/C19H20N2OS/c22-12-11-21(15-18-4-3-13-23-18)14-16-6-8-17(9-7-16)19-5-1-2-10-20-19/h1-10,13,22H,11-12,14-15H2. The lowest BCUT2D eigenvalue weighted by Crippen LogP contribution is -2.25. The van der Waals surface area contributed by atoms with Gasteiger partial charge in [0, 0.05) is 36.3 Å². The van der Waals surface area contributed by atoms with Crippen molar-refractivity contribution in [1.82, 2.24) is 9.88 Å². The number of nitrogens with zero attached hydrogens (tertiary/aromatic N) is 2. The number of hydrogen-bond acceptors (Lipinski definition) is 4. The second kappa shape index (κ2) is 8.02. The van der Waals surface area contributed by atoms with Crippen LogP contribution in [0.2, 0.25) is 0 Å². The number of thiophene rings is 1. The number of rotatable bonds is 7. The van der Waals surface area contributed by atoms with Crippen molar-refractivity contribution in [2.75, 3.05) is 13.2 Å². The molecule has 0 amide bonds. The predicted molar refractivity (Wildman–Crippen MR) is 95.2 cm³/mol. The van der Waals surface area contributed by atoms with Gasteiger partial charge in [0.15, 0.2) is 0 Å². The average molecular weight is 324 g/mol. The maximum atomic E-state index is 9.29. The first-order chi connectivity index (χ1) is 11.3. The highest BCUT2D eigenvalue weighted by atomic mass is 32.1. The molecule has 3 nitrogen and oxygen atoms in total. The van der Waals surface area contributed by atoms with Gasteiger partial charge in [0.05, 0.1) is 12.3 Å². The summed E-state index contributed by atoms with van der Waals surface area (Å²) in [6.45, 7) is 2.57. The highest BCUT2D eigenvalue weighted by molar-refractivity contribution is 7.09. The third kappa shape index (κ3) is 4.48. The molecule has 1 N–H and O–H groups in total. The lowest BCUT2D eigenvalue weighted by atomic mass is 10.1. The molecule has 0 aliphatic rings. The first-order valence-electron chi connectivity index (χ1n) is 7.71. The number of aromatic nitrogens is 1. The zero-order chi connectivity index (χ0) is 15.9. The smallest absolute Gasteiger partial charge is 0.0701 e. The molecule has 0 spiro atoms. The highest BCUT2D eigenvalue weighted by Crippen LogP contribution is 2.19. The van der Waals surface area contributed by atoms with Crippen molar-refractivity contribution in [1.29, 1.82) is 0 Å². The van der Waals surface area contributed by atoms with Crippen LogP contribution >= 0.6 is 11.3 Å². The quantitative estimate of drug-likeness (QED) is 0.718. The minimum Gasteiger partial charge on any atom is -0.395 e.